The maximum Gasteiger partial charge on any atom is 0.247 e. The molecule has 2 fully saturated rings. The van der Waals surface area contributed by atoms with Crippen LogP contribution in [0.1, 0.15) is 30.0 Å². The van der Waals surface area contributed by atoms with Crippen molar-refractivity contribution in [3.63, 3.8) is 0 Å². The van der Waals surface area contributed by atoms with Crippen LogP contribution >= 0.6 is 0 Å². The van der Waals surface area contributed by atoms with Gasteiger partial charge in [-0.1, -0.05) is 42.5 Å². The predicted molar refractivity (Wildman–Crippen MR) is 115 cm³/mol. The molecule has 0 N–H and O–H groups in total. The highest BCUT2D eigenvalue weighted by Gasteiger charge is 2.29. The first-order chi connectivity index (χ1) is 14.1. The molecule has 0 radical (unpaired) electrons. The van der Waals surface area contributed by atoms with E-state index in [1.165, 1.54) is 5.56 Å². The molecule has 0 saturated carbocycles. The van der Waals surface area contributed by atoms with Crippen molar-refractivity contribution in [2.24, 2.45) is 0 Å². The number of piperazine rings is 1. The third-order valence-electron chi connectivity index (χ3n) is 5.75. The molecule has 0 aliphatic carbocycles. The van der Waals surface area contributed by atoms with Crippen molar-refractivity contribution in [2.75, 3.05) is 38.1 Å². The number of amides is 2. The molecule has 0 spiro atoms. The zero-order valence-electron chi connectivity index (χ0n) is 16.8. The summed E-state index contributed by atoms with van der Waals surface area (Å²) < 4.78 is 0. The topological polar surface area (TPSA) is 43.9 Å². The van der Waals surface area contributed by atoms with Crippen molar-refractivity contribution in [1.82, 2.24) is 9.80 Å². The molecule has 5 nitrogen and oxygen atoms in total. The molecule has 2 heterocycles. The van der Waals surface area contributed by atoms with Gasteiger partial charge in [-0.2, -0.15) is 0 Å². The molecule has 2 saturated heterocycles. The molecule has 5 heteroatoms. The number of carbonyl (C=O) groups excluding carboxylic acids is 2. The van der Waals surface area contributed by atoms with E-state index >= 15 is 0 Å². The lowest BCUT2D eigenvalue weighted by atomic mass is 10.0. The molecule has 29 heavy (non-hydrogen) atoms. The Labute approximate surface area is 172 Å². The SMILES string of the molecule is CN1CCN(C(=O)/C=C/c2ccc(N3CCCC3=O)cc2)C(c2ccccc2)C1. The molecule has 0 bridgehead atoms. The average molecular weight is 389 g/mol. The molecule has 2 aliphatic heterocycles. The summed E-state index contributed by atoms with van der Waals surface area (Å²) in [7, 11) is 2.10. The minimum atomic E-state index is 0.0331. The largest absolute Gasteiger partial charge is 0.330 e. The Balaban J connectivity index is 1.46. The van der Waals surface area contributed by atoms with Gasteiger partial charge in [0.15, 0.2) is 0 Å². The first-order valence-corrected chi connectivity index (χ1v) is 10.2. The van der Waals surface area contributed by atoms with E-state index in [4.69, 9.17) is 0 Å². The summed E-state index contributed by atoms with van der Waals surface area (Å²) in [5.74, 6) is 0.219. The minimum absolute atomic E-state index is 0.0331. The second-order valence-corrected chi connectivity index (χ2v) is 7.79. The van der Waals surface area contributed by atoms with Crippen molar-refractivity contribution >= 4 is 23.6 Å². The fourth-order valence-electron chi connectivity index (χ4n) is 4.09. The number of likely N-dealkylation sites (N-methyl/N-ethyl adjacent to an activating group) is 1. The van der Waals surface area contributed by atoms with E-state index in [9.17, 15) is 9.59 Å². The van der Waals surface area contributed by atoms with Crippen molar-refractivity contribution in [3.05, 3.63) is 71.8 Å². The Kier molecular flexibility index (Phi) is 5.76. The van der Waals surface area contributed by atoms with Crippen LogP contribution in [0.3, 0.4) is 0 Å². The van der Waals surface area contributed by atoms with E-state index in [2.05, 4.69) is 24.1 Å². The van der Waals surface area contributed by atoms with Crippen molar-refractivity contribution in [3.8, 4) is 0 Å². The van der Waals surface area contributed by atoms with Gasteiger partial charge in [0.1, 0.15) is 0 Å². The van der Waals surface area contributed by atoms with E-state index in [0.29, 0.717) is 6.42 Å². The summed E-state index contributed by atoms with van der Waals surface area (Å²) in [5, 5.41) is 0. The van der Waals surface area contributed by atoms with Gasteiger partial charge in [-0.05, 0) is 42.8 Å². The number of benzene rings is 2. The molecule has 4 rings (SSSR count). The second-order valence-electron chi connectivity index (χ2n) is 7.79. The van der Waals surface area contributed by atoms with Crippen LogP contribution in [0.2, 0.25) is 0 Å². The summed E-state index contributed by atoms with van der Waals surface area (Å²) in [5.41, 5.74) is 3.05. The highest BCUT2D eigenvalue weighted by molar-refractivity contribution is 5.95. The maximum absolute atomic E-state index is 12.9. The fraction of sp³-hybridized carbons (Fsp3) is 0.333. The molecule has 2 aliphatic rings. The predicted octanol–water partition coefficient (Wildman–Crippen LogP) is 3.34. The molecule has 1 unspecified atom stereocenters. The summed E-state index contributed by atoms with van der Waals surface area (Å²) in [6, 6.07) is 18.1. The first kappa shape index (κ1) is 19.4. The molecule has 2 aromatic carbocycles. The van der Waals surface area contributed by atoms with Crippen LogP contribution in [0.15, 0.2) is 60.7 Å². The fourth-order valence-corrected chi connectivity index (χ4v) is 4.09. The Bertz CT molecular complexity index is 892. The van der Waals surface area contributed by atoms with Gasteiger partial charge in [0.25, 0.3) is 0 Å². The number of carbonyl (C=O) groups is 2. The lowest BCUT2D eigenvalue weighted by molar-refractivity contribution is -0.130. The number of hydrogen-bond acceptors (Lipinski definition) is 3. The zero-order chi connectivity index (χ0) is 20.2. The van der Waals surface area contributed by atoms with E-state index in [1.807, 2.05) is 58.3 Å². The van der Waals surface area contributed by atoms with Gasteiger partial charge in [0.2, 0.25) is 11.8 Å². The highest BCUT2D eigenvalue weighted by Crippen LogP contribution is 2.26. The molecular weight excluding hydrogens is 362 g/mol. The molecule has 0 aromatic heterocycles. The summed E-state index contributed by atoms with van der Waals surface area (Å²) in [4.78, 5) is 30.9. The van der Waals surface area contributed by atoms with Crippen molar-refractivity contribution in [2.45, 2.75) is 18.9 Å². The van der Waals surface area contributed by atoms with Crippen molar-refractivity contribution < 1.29 is 9.59 Å². The highest BCUT2D eigenvalue weighted by atomic mass is 16.2. The van der Waals surface area contributed by atoms with Gasteiger partial charge < -0.3 is 14.7 Å². The van der Waals surface area contributed by atoms with Crippen LogP contribution in [-0.2, 0) is 9.59 Å². The van der Waals surface area contributed by atoms with Crippen LogP contribution in [0, 0.1) is 0 Å². The van der Waals surface area contributed by atoms with Gasteiger partial charge in [0, 0.05) is 44.4 Å². The Morgan fingerprint density at radius 3 is 2.45 bits per heavy atom. The monoisotopic (exact) mass is 389 g/mol. The molecular formula is C24H27N3O2. The molecule has 2 aromatic rings. The van der Waals surface area contributed by atoms with E-state index in [-0.39, 0.29) is 17.9 Å². The summed E-state index contributed by atoms with van der Waals surface area (Å²) in [6.45, 7) is 3.22. The Morgan fingerprint density at radius 2 is 1.76 bits per heavy atom. The second kappa shape index (κ2) is 8.62. The third-order valence-corrected chi connectivity index (χ3v) is 5.75. The number of hydrogen-bond donors (Lipinski definition) is 0. The van der Waals surface area contributed by atoms with Crippen LogP contribution in [0.5, 0.6) is 0 Å². The first-order valence-electron chi connectivity index (χ1n) is 10.2. The van der Waals surface area contributed by atoms with Gasteiger partial charge >= 0.3 is 0 Å². The third kappa shape index (κ3) is 4.40. The van der Waals surface area contributed by atoms with Gasteiger partial charge in [-0.25, -0.2) is 0 Å². The summed E-state index contributed by atoms with van der Waals surface area (Å²) >= 11 is 0. The van der Waals surface area contributed by atoms with E-state index in [0.717, 1.165) is 43.9 Å². The standard InChI is InChI=1S/C24H27N3O2/c1-25-16-17-27(22(18-25)20-6-3-2-4-7-20)24(29)14-11-19-9-12-21(13-10-19)26-15-5-8-23(26)28/h2-4,6-7,9-14,22H,5,8,15-18H2,1H3/b14-11+. The Hall–Kier alpha value is -2.92. The number of rotatable bonds is 4. The quantitative estimate of drug-likeness (QED) is 0.754. The van der Waals surface area contributed by atoms with Gasteiger partial charge in [-0.15, -0.1) is 0 Å². The normalized spacial score (nSPS) is 20.6. The molecule has 150 valence electrons. The molecule has 2 amide bonds. The van der Waals surface area contributed by atoms with Crippen molar-refractivity contribution in [1.29, 1.82) is 0 Å². The number of anilines is 1. The number of nitrogens with zero attached hydrogens (tertiary/aromatic N) is 3. The van der Waals surface area contributed by atoms with Gasteiger partial charge in [0.05, 0.1) is 6.04 Å². The molecule has 1 atom stereocenters. The summed E-state index contributed by atoms with van der Waals surface area (Å²) in [6.07, 6.45) is 5.07. The maximum atomic E-state index is 12.9. The van der Waals surface area contributed by atoms with Crippen LogP contribution in [0.4, 0.5) is 5.69 Å². The zero-order valence-corrected chi connectivity index (χ0v) is 16.8. The Morgan fingerprint density at radius 1 is 1.00 bits per heavy atom. The van der Waals surface area contributed by atoms with Crippen LogP contribution < -0.4 is 4.90 Å². The average Bonchev–Trinajstić information content (AvgIpc) is 3.19. The lowest BCUT2D eigenvalue weighted by Gasteiger charge is -2.40. The van der Waals surface area contributed by atoms with E-state index in [1.54, 1.807) is 6.08 Å². The minimum Gasteiger partial charge on any atom is -0.330 e. The van der Waals surface area contributed by atoms with Gasteiger partial charge in [-0.3, -0.25) is 9.59 Å². The smallest absolute Gasteiger partial charge is 0.247 e. The van der Waals surface area contributed by atoms with Crippen LogP contribution in [0.25, 0.3) is 6.08 Å². The van der Waals surface area contributed by atoms with Crippen LogP contribution in [-0.4, -0.2) is 54.8 Å². The van der Waals surface area contributed by atoms with E-state index < -0.39 is 0 Å². The lowest BCUT2D eigenvalue weighted by Crippen LogP contribution is -2.48.